The van der Waals surface area contributed by atoms with Gasteiger partial charge in [0.2, 0.25) is 0 Å². The maximum atomic E-state index is 15.0. The van der Waals surface area contributed by atoms with E-state index in [9.17, 15) is 18.3 Å². The SMILES string of the molecule is COc1ccc(-c2cncnc2)cc1C(C)(C)CC(O)(C/C(N)=C/c1ccnc(C)c1)C(F)(F)CF. The minimum atomic E-state index is -4.05. The number of aryl methyl sites for hydroxylation is 1. The first-order valence-electron chi connectivity index (χ1n) is 11.4. The fraction of sp³-hybridized carbons (Fsp3) is 0.370. The van der Waals surface area contributed by atoms with Crippen LogP contribution in [0.2, 0.25) is 0 Å². The molecule has 0 saturated carbocycles. The molecule has 3 aromatic rings. The Morgan fingerprint density at radius 2 is 1.81 bits per heavy atom. The third kappa shape index (κ3) is 6.02. The van der Waals surface area contributed by atoms with Gasteiger partial charge in [-0.15, -0.1) is 0 Å². The zero-order valence-electron chi connectivity index (χ0n) is 20.8. The Bertz CT molecular complexity index is 1220. The van der Waals surface area contributed by atoms with Crippen LogP contribution in [0.5, 0.6) is 5.75 Å². The fourth-order valence-corrected chi connectivity index (χ4v) is 4.40. The first-order chi connectivity index (χ1) is 16.9. The Hall–Kier alpha value is -3.46. The van der Waals surface area contributed by atoms with Gasteiger partial charge in [-0.1, -0.05) is 19.9 Å². The minimum Gasteiger partial charge on any atom is -0.496 e. The summed E-state index contributed by atoms with van der Waals surface area (Å²) in [6.07, 6.45) is 6.59. The molecule has 9 heteroatoms. The molecule has 2 heterocycles. The molecular formula is C27H31F3N4O2. The van der Waals surface area contributed by atoms with Crippen LogP contribution in [-0.2, 0) is 5.41 Å². The van der Waals surface area contributed by atoms with E-state index >= 15 is 0 Å². The van der Waals surface area contributed by atoms with Gasteiger partial charge < -0.3 is 15.6 Å². The molecule has 0 fully saturated rings. The normalized spacial score (nSPS) is 14.4. The lowest BCUT2D eigenvalue weighted by Crippen LogP contribution is -2.53. The molecule has 36 heavy (non-hydrogen) atoms. The molecule has 0 aliphatic carbocycles. The van der Waals surface area contributed by atoms with Crippen LogP contribution in [0.3, 0.4) is 0 Å². The molecule has 0 spiro atoms. The lowest BCUT2D eigenvalue weighted by atomic mass is 9.71. The topological polar surface area (TPSA) is 94.2 Å². The third-order valence-corrected chi connectivity index (χ3v) is 6.17. The van der Waals surface area contributed by atoms with Crippen molar-refractivity contribution < 1.29 is 23.0 Å². The Labute approximate surface area is 209 Å². The molecule has 2 aromatic heterocycles. The second kappa shape index (κ2) is 10.7. The Morgan fingerprint density at radius 1 is 1.11 bits per heavy atom. The first-order valence-corrected chi connectivity index (χ1v) is 11.4. The van der Waals surface area contributed by atoms with Gasteiger partial charge in [0.15, 0.2) is 6.67 Å². The fourth-order valence-electron chi connectivity index (χ4n) is 4.40. The van der Waals surface area contributed by atoms with Crippen molar-refractivity contribution in [3.8, 4) is 16.9 Å². The van der Waals surface area contributed by atoms with E-state index in [1.165, 1.54) is 19.5 Å². The minimum absolute atomic E-state index is 0.00539. The number of alkyl halides is 3. The zero-order valence-corrected chi connectivity index (χ0v) is 20.8. The largest absolute Gasteiger partial charge is 0.496 e. The van der Waals surface area contributed by atoms with Crippen molar-refractivity contribution in [2.75, 3.05) is 13.8 Å². The van der Waals surface area contributed by atoms with E-state index in [-0.39, 0.29) is 5.70 Å². The highest BCUT2D eigenvalue weighted by atomic mass is 19.3. The molecule has 0 radical (unpaired) electrons. The van der Waals surface area contributed by atoms with Gasteiger partial charge in [0.25, 0.3) is 0 Å². The molecule has 0 aliphatic heterocycles. The maximum Gasteiger partial charge on any atom is 0.304 e. The Morgan fingerprint density at radius 3 is 2.42 bits per heavy atom. The van der Waals surface area contributed by atoms with E-state index < -0.39 is 36.5 Å². The van der Waals surface area contributed by atoms with Crippen molar-refractivity contribution in [2.45, 2.75) is 50.6 Å². The number of methoxy groups -OCH3 is 1. The molecule has 0 aliphatic rings. The number of nitrogens with zero attached hydrogens (tertiary/aromatic N) is 3. The maximum absolute atomic E-state index is 15.0. The molecule has 3 rings (SSSR count). The molecule has 1 atom stereocenters. The highest BCUT2D eigenvalue weighted by molar-refractivity contribution is 5.65. The van der Waals surface area contributed by atoms with E-state index in [4.69, 9.17) is 10.5 Å². The van der Waals surface area contributed by atoms with Gasteiger partial charge in [0.05, 0.1) is 7.11 Å². The van der Waals surface area contributed by atoms with Gasteiger partial charge in [-0.25, -0.2) is 23.1 Å². The number of hydrogen-bond donors (Lipinski definition) is 2. The number of benzene rings is 1. The van der Waals surface area contributed by atoms with Gasteiger partial charge in [-0.05, 0) is 60.2 Å². The Kier molecular flexibility index (Phi) is 8.03. The summed E-state index contributed by atoms with van der Waals surface area (Å²) in [4.78, 5) is 12.1. The van der Waals surface area contributed by atoms with Crippen molar-refractivity contribution in [1.82, 2.24) is 15.0 Å². The van der Waals surface area contributed by atoms with Crippen LogP contribution in [0, 0.1) is 6.92 Å². The summed E-state index contributed by atoms with van der Waals surface area (Å²) in [7, 11) is 1.47. The van der Waals surface area contributed by atoms with Crippen molar-refractivity contribution in [1.29, 1.82) is 0 Å². The Balaban J connectivity index is 2.01. The number of aliphatic hydroxyl groups is 1. The second-order valence-electron chi connectivity index (χ2n) is 9.60. The summed E-state index contributed by atoms with van der Waals surface area (Å²) in [5.74, 6) is -3.60. The molecular weight excluding hydrogens is 469 g/mol. The molecule has 192 valence electrons. The average molecular weight is 501 g/mol. The van der Waals surface area contributed by atoms with E-state index in [0.717, 1.165) is 16.8 Å². The van der Waals surface area contributed by atoms with Crippen LogP contribution in [0.4, 0.5) is 13.2 Å². The number of pyridine rings is 1. The number of ether oxygens (including phenoxy) is 1. The van der Waals surface area contributed by atoms with Crippen LogP contribution >= 0.6 is 0 Å². The lowest BCUT2D eigenvalue weighted by Gasteiger charge is -2.41. The highest BCUT2D eigenvalue weighted by Gasteiger charge is 2.55. The van der Waals surface area contributed by atoms with Gasteiger partial charge in [-0.2, -0.15) is 0 Å². The predicted octanol–water partition coefficient (Wildman–Crippen LogP) is 5.25. The van der Waals surface area contributed by atoms with Crippen molar-refractivity contribution in [3.05, 3.63) is 77.8 Å². The number of rotatable bonds is 10. The van der Waals surface area contributed by atoms with Crippen LogP contribution in [0.25, 0.3) is 17.2 Å². The van der Waals surface area contributed by atoms with Gasteiger partial charge in [0, 0.05) is 47.5 Å². The molecule has 3 N–H and O–H groups in total. The predicted molar refractivity (Wildman–Crippen MR) is 133 cm³/mol. The third-order valence-electron chi connectivity index (χ3n) is 6.17. The quantitative estimate of drug-likeness (QED) is 0.395. The zero-order chi connectivity index (χ0) is 26.6. The smallest absolute Gasteiger partial charge is 0.304 e. The summed E-state index contributed by atoms with van der Waals surface area (Å²) >= 11 is 0. The van der Waals surface area contributed by atoms with Crippen LogP contribution in [0.1, 0.15) is 43.5 Å². The molecule has 0 amide bonds. The van der Waals surface area contributed by atoms with Crippen molar-refractivity contribution in [3.63, 3.8) is 0 Å². The molecule has 0 bridgehead atoms. The number of halogens is 3. The van der Waals surface area contributed by atoms with Crippen molar-refractivity contribution in [2.24, 2.45) is 5.73 Å². The molecule has 6 nitrogen and oxygen atoms in total. The number of nitrogens with two attached hydrogens (primary N) is 1. The average Bonchev–Trinajstić information content (AvgIpc) is 2.83. The van der Waals surface area contributed by atoms with E-state index in [1.807, 2.05) is 0 Å². The van der Waals surface area contributed by atoms with Gasteiger partial charge in [0.1, 0.15) is 17.7 Å². The van der Waals surface area contributed by atoms with Crippen LogP contribution < -0.4 is 10.5 Å². The molecule has 1 aromatic carbocycles. The monoisotopic (exact) mass is 500 g/mol. The van der Waals surface area contributed by atoms with E-state index in [1.54, 1.807) is 69.7 Å². The number of aromatic nitrogens is 3. The van der Waals surface area contributed by atoms with E-state index in [0.29, 0.717) is 16.9 Å². The summed E-state index contributed by atoms with van der Waals surface area (Å²) in [6, 6.07) is 8.69. The lowest BCUT2D eigenvalue weighted by molar-refractivity contribution is -0.198. The van der Waals surface area contributed by atoms with Gasteiger partial charge >= 0.3 is 5.92 Å². The molecule has 1 unspecified atom stereocenters. The highest BCUT2D eigenvalue weighted by Crippen LogP contribution is 2.46. The number of hydrogen-bond acceptors (Lipinski definition) is 6. The summed E-state index contributed by atoms with van der Waals surface area (Å²) in [5.41, 5.74) is 5.64. The van der Waals surface area contributed by atoms with E-state index in [2.05, 4.69) is 15.0 Å². The second-order valence-corrected chi connectivity index (χ2v) is 9.60. The van der Waals surface area contributed by atoms with Crippen LogP contribution in [-0.4, -0.2) is 45.4 Å². The van der Waals surface area contributed by atoms with Crippen molar-refractivity contribution >= 4 is 6.08 Å². The van der Waals surface area contributed by atoms with Crippen LogP contribution in [0.15, 0.2) is 60.9 Å². The van der Waals surface area contributed by atoms with Gasteiger partial charge in [-0.3, -0.25) is 4.98 Å². The molecule has 0 saturated heterocycles. The summed E-state index contributed by atoms with van der Waals surface area (Å²) < 4.78 is 49.0. The first kappa shape index (κ1) is 27.1. The summed E-state index contributed by atoms with van der Waals surface area (Å²) in [6.45, 7) is 3.15. The standard InChI is InChI=1S/C27H31F3N4O2/c1-18-9-19(7-8-34-18)10-22(31)12-26(35,27(29,30)16-28)15-25(2,3)23-11-20(5-6-24(23)36-4)21-13-32-17-33-14-21/h5-11,13-14,17,35H,12,15-16,31H2,1-4H3/b22-10-. The summed E-state index contributed by atoms with van der Waals surface area (Å²) in [5, 5.41) is 11.3.